The van der Waals surface area contributed by atoms with Gasteiger partial charge in [0.25, 0.3) is 0 Å². The van der Waals surface area contributed by atoms with Crippen LogP contribution in [0.15, 0.2) is 174 Å². The quantitative estimate of drug-likeness (QED) is 0.199. The molecule has 0 aliphatic carbocycles. The minimum Gasteiger partial charge on any atom is -0.677 e. The molecule has 0 saturated carbocycles. The fraction of sp³-hybridized carbons (Fsp3) is 0.0500. The maximum Gasteiger partial charge on any atom is 2.00 e. The number of hydrogen-bond donors (Lipinski definition) is 0. The Balaban J connectivity index is 0.00000348. The zero-order valence-electron chi connectivity index (χ0n) is 25.9. The summed E-state index contributed by atoms with van der Waals surface area (Å²) in [6.45, 7) is 0. The third kappa shape index (κ3) is 5.54. The number of allylic oxidation sites excluding steroid dienone is 6. The minimum absolute atomic E-state index is 0. The zero-order chi connectivity index (χ0) is 31.9. The van der Waals surface area contributed by atoms with Gasteiger partial charge in [0.15, 0.2) is 0 Å². The summed E-state index contributed by atoms with van der Waals surface area (Å²) < 4.78 is 0. The first-order valence-corrected chi connectivity index (χ1v) is 15.7. The van der Waals surface area contributed by atoms with Crippen molar-refractivity contribution in [1.29, 1.82) is 0 Å². The molecule has 8 bridgehead atoms. The van der Waals surface area contributed by atoms with Crippen LogP contribution in [0.3, 0.4) is 0 Å². The van der Waals surface area contributed by atoms with Crippen LogP contribution >= 0.6 is 0 Å². The summed E-state index contributed by atoms with van der Waals surface area (Å²) in [6.07, 6.45) is 27.1. The van der Waals surface area contributed by atoms with Gasteiger partial charge in [-0.25, -0.2) is 4.99 Å². The van der Waals surface area contributed by atoms with Crippen molar-refractivity contribution in [3.8, 4) is 0 Å². The van der Waals surface area contributed by atoms with E-state index in [9.17, 15) is 0 Å². The fourth-order valence-electron chi connectivity index (χ4n) is 6.66. The minimum atomic E-state index is -0.219. The van der Waals surface area contributed by atoms with Crippen molar-refractivity contribution >= 4 is 28.1 Å². The van der Waals surface area contributed by atoms with E-state index in [1.54, 1.807) is 24.8 Å². The van der Waals surface area contributed by atoms with E-state index in [0.29, 0.717) is 0 Å². The third-order valence-electron chi connectivity index (χ3n) is 8.77. The maximum absolute atomic E-state index is 5.35. The van der Waals surface area contributed by atoms with Crippen LogP contribution in [-0.2, 0) is 16.8 Å². The summed E-state index contributed by atoms with van der Waals surface area (Å²) in [5, 5.41) is 5.35. The van der Waals surface area contributed by atoms with E-state index in [4.69, 9.17) is 20.3 Å². The fourth-order valence-corrected chi connectivity index (χ4v) is 6.66. The summed E-state index contributed by atoms with van der Waals surface area (Å²) in [6, 6.07) is 19.9. The van der Waals surface area contributed by atoms with Gasteiger partial charge in [-0.3, -0.25) is 24.9 Å². The van der Waals surface area contributed by atoms with Gasteiger partial charge in [0.2, 0.25) is 0 Å². The van der Waals surface area contributed by atoms with Crippen LogP contribution in [0.5, 0.6) is 0 Å². The van der Waals surface area contributed by atoms with Crippen molar-refractivity contribution in [2.45, 2.75) is 12.0 Å². The number of pyridine rings is 4. The van der Waals surface area contributed by atoms with Gasteiger partial charge >= 0.3 is 16.8 Å². The van der Waals surface area contributed by atoms with Crippen molar-refractivity contribution in [3.05, 3.63) is 203 Å². The molecule has 2 unspecified atom stereocenters. The Hall–Kier alpha value is -6.03. The number of fused-ring (bicyclic) bond motifs is 6. The molecular formula is C40H26CoN8. The number of aromatic nitrogens is 5. The molecule has 9 rings (SSSR count). The van der Waals surface area contributed by atoms with E-state index < -0.39 is 0 Å². The molecule has 8 nitrogen and oxygen atoms in total. The first-order valence-electron chi connectivity index (χ1n) is 15.7. The van der Waals surface area contributed by atoms with Crippen LogP contribution in [0.1, 0.15) is 39.6 Å². The van der Waals surface area contributed by atoms with E-state index >= 15 is 0 Å². The number of nitrogens with zero attached hydrogens (tertiary/aromatic N) is 8. The van der Waals surface area contributed by atoms with Crippen molar-refractivity contribution in [2.75, 3.05) is 0 Å². The van der Waals surface area contributed by atoms with Gasteiger partial charge in [-0.1, -0.05) is 54.6 Å². The average molecular weight is 678 g/mol. The van der Waals surface area contributed by atoms with E-state index in [2.05, 4.69) is 62.4 Å². The van der Waals surface area contributed by atoms with Crippen molar-refractivity contribution in [1.82, 2.24) is 24.9 Å². The molecule has 235 valence electrons. The topological polar surface area (TPSA) is 104 Å². The van der Waals surface area contributed by atoms with Gasteiger partial charge < -0.3 is 10.3 Å². The van der Waals surface area contributed by atoms with Gasteiger partial charge in [-0.15, -0.1) is 17.1 Å². The predicted octanol–water partition coefficient (Wildman–Crippen LogP) is 7.28. The standard InChI is InChI=1S/C40H26N8.Co/c1-5-25(21-41-17-1)37-29-9-11-31(45-29)38(26-6-2-18-42-22-26)33-13-15-35(47-33)40(28-8-4-20-44-24-28)36-16-14-34(48-36)39(27-7-3-19-43-23-27)32-12-10-30(37)46-32;/h1-24,29,37H;/q-2;+2/b38-31-,39-32-,40-35-;. The number of hydrogen-bond acceptors (Lipinski definition) is 6. The van der Waals surface area contributed by atoms with E-state index in [1.807, 2.05) is 79.4 Å². The summed E-state index contributed by atoms with van der Waals surface area (Å²) >= 11 is 0. The normalized spacial score (nSPS) is 23.6. The number of aliphatic imine (C=N–C) groups is 2. The molecule has 4 aliphatic heterocycles. The second-order valence-electron chi connectivity index (χ2n) is 11.7. The van der Waals surface area contributed by atoms with Gasteiger partial charge in [-0.05, 0) is 70.9 Å². The molecule has 0 fully saturated rings. The van der Waals surface area contributed by atoms with Crippen molar-refractivity contribution in [2.24, 2.45) is 9.98 Å². The molecule has 4 aliphatic rings. The molecule has 0 aromatic carbocycles. The second-order valence-corrected chi connectivity index (χ2v) is 11.7. The summed E-state index contributed by atoms with van der Waals surface area (Å²) in [5.74, 6) is -0.170. The molecule has 0 N–H and O–H groups in total. The Morgan fingerprint density at radius 1 is 0.531 bits per heavy atom. The molecule has 5 aromatic rings. The maximum atomic E-state index is 5.35. The molecule has 2 atom stereocenters. The Morgan fingerprint density at radius 3 is 1.69 bits per heavy atom. The van der Waals surface area contributed by atoms with Gasteiger partial charge in [0.05, 0.1) is 17.1 Å². The smallest absolute Gasteiger partial charge is 0.677 e. The van der Waals surface area contributed by atoms with Crippen molar-refractivity contribution in [3.63, 3.8) is 0 Å². The Labute approximate surface area is 293 Å². The Morgan fingerprint density at radius 2 is 1.10 bits per heavy atom. The van der Waals surface area contributed by atoms with Crippen LogP contribution in [-0.4, -0.2) is 37.4 Å². The molecule has 9 heteroatoms. The van der Waals surface area contributed by atoms with E-state index in [0.717, 1.165) is 78.9 Å². The molecular weight excluding hydrogens is 651 g/mol. The SMILES string of the molecule is C1=C/C2=C(\c3cccnc3)c3ccc([n-]3)/C(c3cccnc3)=C3/C=CC(=N3)C(c3cccnc3)C3C=C/C(=C(\c4cccnc4)C1=N2)[N-]3.[Co+2]. The van der Waals surface area contributed by atoms with Crippen LogP contribution in [0.2, 0.25) is 0 Å². The summed E-state index contributed by atoms with van der Waals surface area (Å²) in [7, 11) is 0. The van der Waals surface area contributed by atoms with Gasteiger partial charge in [-0.2, -0.15) is 0 Å². The molecule has 9 heterocycles. The number of rotatable bonds is 4. The molecule has 0 spiro atoms. The first kappa shape index (κ1) is 30.3. The second kappa shape index (κ2) is 12.9. The van der Waals surface area contributed by atoms with E-state index in [1.165, 1.54) is 0 Å². The largest absolute Gasteiger partial charge is 2.00 e. The molecule has 1 radical (unpaired) electrons. The van der Waals surface area contributed by atoms with Gasteiger partial charge in [0.1, 0.15) is 0 Å². The van der Waals surface area contributed by atoms with Crippen molar-refractivity contribution < 1.29 is 16.8 Å². The monoisotopic (exact) mass is 677 g/mol. The first-order chi connectivity index (χ1) is 23.8. The molecule has 5 aromatic heterocycles. The van der Waals surface area contributed by atoms with Crippen LogP contribution in [0.4, 0.5) is 0 Å². The Kier molecular flexibility index (Phi) is 7.96. The summed E-state index contributed by atoms with van der Waals surface area (Å²) in [5.41, 5.74) is 12.3. The summed E-state index contributed by atoms with van der Waals surface area (Å²) in [4.78, 5) is 33.6. The third-order valence-corrected chi connectivity index (χ3v) is 8.77. The average Bonchev–Trinajstić information content (AvgIpc) is 3.98. The molecule has 0 amide bonds. The predicted molar refractivity (Wildman–Crippen MR) is 188 cm³/mol. The zero-order valence-corrected chi connectivity index (χ0v) is 27.0. The molecule has 0 saturated heterocycles. The van der Waals surface area contributed by atoms with E-state index in [-0.39, 0.29) is 28.7 Å². The van der Waals surface area contributed by atoms with Crippen LogP contribution < -0.4 is 4.98 Å². The van der Waals surface area contributed by atoms with Crippen LogP contribution in [0.25, 0.3) is 22.0 Å². The van der Waals surface area contributed by atoms with Gasteiger partial charge in [0, 0.05) is 77.9 Å². The molecule has 49 heavy (non-hydrogen) atoms. The Bertz CT molecular complexity index is 2290. The van der Waals surface area contributed by atoms with Crippen LogP contribution in [0, 0.1) is 0 Å².